The number of anilines is 2. The van der Waals surface area contributed by atoms with Crippen LogP contribution in [0.25, 0.3) is 0 Å². The summed E-state index contributed by atoms with van der Waals surface area (Å²) >= 11 is 11.5. The fraction of sp³-hybridized carbons (Fsp3) is 0.458. The van der Waals surface area contributed by atoms with Crippen molar-refractivity contribution in [3.05, 3.63) is 52.8 Å². The first-order chi connectivity index (χ1) is 15.4. The fourth-order valence-electron chi connectivity index (χ4n) is 3.28. The number of rotatable bonds is 13. The van der Waals surface area contributed by atoms with Crippen LogP contribution >= 0.6 is 23.8 Å². The van der Waals surface area contributed by atoms with Crippen molar-refractivity contribution in [1.29, 1.82) is 0 Å². The molecule has 0 fully saturated rings. The summed E-state index contributed by atoms with van der Waals surface area (Å²) in [7, 11) is 3.33. The average molecular weight is 483 g/mol. The summed E-state index contributed by atoms with van der Waals surface area (Å²) in [5.41, 5.74) is 2.40. The van der Waals surface area contributed by atoms with Gasteiger partial charge in [-0.1, -0.05) is 37.7 Å². The van der Waals surface area contributed by atoms with E-state index in [0.29, 0.717) is 23.9 Å². The Labute approximate surface area is 200 Å². The summed E-state index contributed by atoms with van der Waals surface area (Å²) < 4.78 is 30.2. The van der Waals surface area contributed by atoms with Gasteiger partial charge in [-0.2, -0.15) is 0 Å². The van der Waals surface area contributed by atoms with E-state index in [4.69, 9.17) is 38.0 Å². The molecule has 1 N–H and O–H groups in total. The van der Waals surface area contributed by atoms with E-state index < -0.39 is 5.82 Å². The zero-order valence-corrected chi connectivity index (χ0v) is 20.7. The number of nitrogens with zero attached hydrogens (tertiary/aromatic N) is 1. The summed E-state index contributed by atoms with van der Waals surface area (Å²) in [6, 6.07) is 10.2. The van der Waals surface area contributed by atoms with E-state index in [9.17, 15) is 4.39 Å². The number of methoxy groups -OCH3 is 2. The second kappa shape index (κ2) is 13.6. The molecule has 0 saturated heterocycles. The topological polar surface area (TPSA) is 43.0 Å². The average Bonchev–Trinajstić information content (AvgIpc) is 2.79. The lowest BCUT2D eigenvalue weighted by Gasteiger charge is -2.30. The van der Waals surface area contributed by atoms with Gasteiger partial charge in [-0.25, -0.2) is 4.39 Å². The van der Waals surface area contributed by atoms with E-state index in [1.165, 1.54) is 12.1 Å². The minimum absolute atomic E-state index is 0.0430. The number of hydrogen-bond acceptors (Lipinski definition) is 5. The normalized spacial score (nSPS) is 11.8. The van der Waals surface area contributed by atoms with Crippen LogP contribution in [0.5, 0.6) is 5.75 Å². The second-order valence-electron chi connectivity index (χ2n) is 7.31. The third kappa shape index (κ3) is 7.59. The van der Waals surface area contributed by atoms with Crippen molar-refractivity contribution < 1.29 is 18.6 Å². The van der Waals surface area contributed by atoms with Gasteiger partial charge in [0, 0.05) is 31.5 Å². The van der Waals surface area contributed by atoms with Gasteiger partial charge in [0.1, 0.15) is 16.6 Å². The van der Waals surface area contributed by atoms with Crippen molar-refractivity contribution in [2.45, 2.75) is 32.8 Å². The van der Waals surface area contributed by atoms with Crippen LogP contribution in [0.1, 0.15) is 32.3 Å². The number of ether oxygens (including phenoxy) is 3. The highest BCUT2D eigenvalue weighted by molar-refractivity contribution is 7.81. The van der Waals surface area contributed by atoms with E-state index in [0.717, 1.165) is 42.9 Å². The summed E-state index contributed by atoms with van der Waals surface area (Å²) in [6.45, 7) is 6.94. The predicted molar refractivity (Wildman–Crippen MR) is 134 cm³/mol. The molecular weight excluding hydrogens is 451 g/mol. The molecule has 0 spiro atoms. The highest BCUT2D eigenvalue weighted by Gasteiger charge is 2.18. The number of benzene rings is 2. The van der Waals surface area contributed by atoms with Crippen molar-refractivity contribution in [3.8, 4) is 5.75 Å². The highest BCUT2D eigenvalue weighted by atomic mass is 35.5. The molecule has 1 atom stereocenters. The van der Waals surface area contributed by atoms with Crippen LogP contribution in [0.2, 0.25) is 5.02 Å². The van der Waals surface area contributed by atoms with Gasteiger partial charge in [0.2, 0.25) is 0 Å². The maximum Gasteiger partial charge on any atom is 0.142 e. The Morgan fingerprint density at radius 2 is 1.94 bits per heavy atom. The summed E-state index contributed by atoms with van der Waals surface area (Å²) in [4.78, 5) is 2.78. The molecule has 0 saturated carbocycles. The zero-order chi connectivity index (χ0) is 23.5. The molecule has 0 radical (unpaired) electrons. The van der Waals surface area contributed by atoms with E-state index >= 15 is 0 Å². The maximum atomic E-state index is 13.5. The number of thiocarbonyl (C=S) groups is 1. The van der Waals surface area contributed by atoms with Crippen LogP contribution in [0.4, 0.5) is 15.8 Å². The van der Waals surface area contributed by atoms with Crippen molar-refractivity contribution in [2.75, 3.05) is 50.7 Å². The molecule has 0 bridgehead atoms. The first kappa shape index (κ1) is 26.3. The maximum absolute atomic E-state index is 13.5. The Kier molecular flexibility index (Phi) is 11.2. The molecule has 0 aromatic heterocycles. The highest BCUT2D eigenvalue weighted by Crippen LogP contribution is 2.31. The smallest absolute Gasteiger partial charge is 0.142 e. The molecule has 2 rings (SSSR count). The van der Waals surface area contributed by atoms with Crippen molar-refractivity contribution in [3.63, 3.8) is 0 Å². The van der Waals surface area contributed by atoms with Gasteiger partial charge in [-0.3, -0.25) is 0 Å². The second-order valence-corrected chi connectivity index (χ2v) is 8.12. The van der Waals surface area contributed by atoms with Gasteiger partial charge in [0.25, 0.3) is 0 Å². The summed E-state index contributed by atoms with van der Waals surface area (Å²) in [6.07, 6.45) is 1.92. The van der Waals surface area contributed by atoms with Gasteiger partial charge < -0.3 is 24.4 Å². The van der Waals surface area contributed by atoms with E-state index in [2.05, 4.69) is 24.1 Å². The largest absolute Gasteiger partial charge is 0.495 e. The first-order valence-electron chi connectivity index (χ1n) is 10.7. The molecule has 1 unspecified atom stereocenters. The molecule has 176 valence electrons. The molecule has 5 nitrogen and oxygen atoms in total. The Bertz CT molecular complexity index is 884. The minimum Gasteiger partial charge on any atom is -0.495 e. The quantitative estimate of drug-likeness (QED) is 0.282. The van der Waals surface area contributed by atoms with Gasteiger partial charge in [-0.15, -0.1) is 0 Å². The number of hydrogen-bond donors (Lipinski definition) is 1. The third-order valence-electron chi connectivity index (χ3n) is 4.97. The van der Waals surface area contributed by atoms with Crippen LogP contribution in [-0.4, -0.2) is 51.6 Å². The van der Waals surface area contributed by atoms with Crippen molar-refractivity contribution >= 4 is 40.2 Å². The molecule has 0 amide bonds. The fourth-order valence-corrected chi connectivity index (χ4v) is 3.70. The third-order valence-corrected chi connectivity index (χ3v) is 5.60. The van der Waals surface area contributed by atoms with Crippen molar-refractivity contribution in [2.24, 2.45) is 0 Å². The SMILES string of the molecule is CCCN(CC(CC)OCCOC)c1cc(C(=S)Nc2ccc(F)c(Cl)c2)ccc1OC. The molecule has 0 heterocycles. The standard InChI is InChI=1S/C24H32ClFN2O3S/c1-5-11-28(16-19(6-2)31-13-12-29-3)22-14-17(7-10-23(22)30-4)24(32)27-18-8-9-21(26)20(25)15-18/h7-10,14-15,19H,5-6,11-13,16H2,1-4H3,(H,27,32). The lowest BCUT2D eigenvalue weighted by molar-refractivity contribution is 0.0191. The Balaban J connectivity index is 2.26. The Morgan fingerprint density at radius 1 is 1.16 bits per heavy atom. The minimum atomic E-state index is -0.469. The molecule has 0 aliphatic heterocycles. The van der Waals surface area contributed by atoms with Crippen LogP contribution in [-0.2, 0) is 9.47 Å². The van der Waals surface area contributed by atoms with E-state index in [-0.39, 0.29) is 11.1 Å². The van der Waals surface area contributed by atoms with Gasteiger partial charge in [0.05, 0.1) is 37.1 Å². The molecule has 2 aromatic carbocycles. The molecule has 2 aromatic rings. The van der Waals surface area contributed by atoms with Crippen LogP contribution in [0.3, 0.4) is 0 Å². The van der Waals surface area contributed by atoms with Gasteiger partial charge >= 0.3 is 0 Å². The molecule has 32 heavy (non-hydrogen) atoms. The van der Waals surface area contributed by atoms with Crippen molar-refractivity contribution in [1.82, 2.24) is 0 Å². The summed E-state index contributed by atoms with van der Waals surface area (Å²) in [5, 5.41) is 3.17. The number of nitrogens with one attached hydrogen (secondary N) is 1. The first-order valence-corrected chi connectivity index (χ1v) is 11.5. The molecule has 0 aliphatic rings. The monoisotopic (exact) mass is 482 g/mol. The molecular formula is C24H32ClFN2O3S. The molecule has 8 heteroatoms. The Morgan fingerprint density at radius 3 is 2.56 bits per heavy atom. The van der Waals surface area contributed by atoms with Crippen LogP contribution < -0.4 is 15.0 Å². The molecule has 0 aliphatic carbocycles. The summed E-state index contributed by atoms with van der Waals surface area (Å²) in [5.74, 6) is 0.296. The predicted octanol–water partition coefficient (Wildman–Crippen LogP) is 5.93. The zero-order valence-electron chi connectivity index (χ0n) is 19.1. The lowest BCUT2D eigenvalue weighted by Crippen LogP contribution is -2.35. The van der Waals surface area contributed by atoms with E-state index in [1.807, 2.05) is 18.2 Å². The van der Waals surface area contributed by atoms with Crippen LogP contribution in [0.15, 0.2) is 36.4 Å². The van der Waals surface area contributed by atoms with Crippen LogP contribution in [0, 0.1) is 5.82 Å². The Hall–Kier alpha value is -1.93. The van der Waals surface area contributed by atoms with Gasteiger partial charge in [0.15, 0.2) is 0 Å². The van der Waals surface area contributed by atoms with Gasteiger partial charge in [-0.05, 0) is 49.2 Å². The lowest BCUT2D eigenvalue weighted by atomic mass is 10.1. The number of halogens is 2. The van der Waals surface area contributed by atoms with E-state index in [1.54, 1.807) is 20.3 Å².